The fraction of sp³-hybridized carbons (Fsp3) is 0.625. The molecule has 2 atom stereocenters. The first-order valence-corrected chi connectivity index (χ1v) is 7.75. The van der Waals surface area contributed by atoms with Crippen LogP contribution in [0, 0.1) is 5.92 Å². The highest BCUT2D eigenvalue weighted by Gasteiger charge is 2.24. The van der Waals surface area contributed by atoms with Gasteiger partial charge >= 0.3 is 0 Å². The van der Waals surface area contributed by atoms with Crippen molar-refractivity contribution in [1.82, 2.24) is 5.32 Å². The third kappa shape index (κ3) is 3.64. The molecule has 0 spiro atoms. The molecule has 1 heterocycles. The van der Waals surface area contributed by atoms with Gasteiger partial charge in [0.15, 0.2) is 0 Å². The SMILES string of the molecule is CCNCc1cc(Cl)ccc1N1CCC(C)CC1C. The molecule has 0 aromatic heterocycles. The molecule has 2 rings (SSSR count). The number of anilines is 1. The lowest BCUT2D eigenvalue weighted by atomic mass is 9.92. The summed E-state index contributed by atoms with van der Waals surface area (Å²) in [6, 6.07) is 6.91. The summed E-state index contributed by atoms with van der Waals surface area (Å²) in [6.45, 7) is 9.86. The largest absolute Gasteiger partial charge is 0.369 e. The van der Waals surface area contributed by atoms with Crippen LogP contribution in [0.15, 0.2) is 18.2 Å². The van der Waals surface area contributed by atoms with E-state index in [1.54, 1.807) is 0 Å². The zero-order valence-electron chi connectivity index (χ0n) is 12.2. The zero-order chi connectivity index (χ0) is 13.8. The van der Waals surface area contributed by atoms with Crippen molar-refractivity contribution < 1.29 is 0 Å². The second kappa shape index (κ2) is 6.62. The number of piperidine rings is 1. The summed E-state index contributed by atoms with van der Waals surface area (Å²) in [7, 11) is 0. The molecule has 0 saturated carbocycles. The summed E-state index contributed by atoms with van der Waals surface area (Å²) in [5.74, 6) is 0.843. The maximum absolute atomic E-state index is 6.15. The molecule has 1 fully saturated rings. The number of benzene rings is 1. The van der Waals surface area contributed by atoms with Crippen molar-refractivity contribution in [3.8, 4) is 0 Å². The van der Waals surface area contributed by atoms with Crippen LogP contribution in [0.2, 0.25) is 5.02 Å². The van der Waals surface area contributed by atoms with Gasteiger partial charge in [-0.3, -0.25) is 0 Å². The van der Waals surface area contributed by atoms with E-state index in [1.165, 1.54) is 24.1 Å². The molecule has 0 amide bonds. The minimum atomic E-state index is 0.616. The summed E-state index contributed by atoms with van der Waals surface area (Å²) in [4.78, 5) is 2.54. The van der Waals surface area contributed by atoms with Gasteiger partial charge < -0.3 is 10.2 Å². The quantitative estimate of drug-likeness (QED) is 0.894. The van der Waals surface area contributed by atoms with Gasteiger partial charge in [0.05, 0.1) is 0 Å². The molecule has 1 aromatic rings. The van der Waals surface area contributed by atoms with E-state index in [9.17, 15) is 0 Å². The topological polar surface area (TPSA) is 15.3 Å². The lowest BCUT2D eigenvalue weighted by molar-refractivity contribution is 0.377. The number of nitrogens with one attached hydrogen (secondary N) is 1. The number of hydrogen-bond acceptors (Lipinski definition) is 2. The smallest absolute Gasteiger partial charge is 0.0415 e. The Labute approximate surface area is 122 Å². The third-order valence-corrected chi connectivity index (χ3v) is 4.29. The molecule has 1 aromatic carbocycles. The first-order chi connectivity index (χ1) is 9.11. The first-order valence-electron chi connectivity index (χ1n) is 7.37. The molecule has 1 saturated heterocycles. The van der Waals surface area contributed by atoms with Gasteiger partial charge in [0.1, 0.15) is 0 Å². The highest BCUT2D eigenvalue weighted by atomic mass is 35.5. The average Bonchev–Trinajstić information content (AvgIpc) is 2.37. The zero-order valence-corrected chi connectivity index (χ0v) is 13.0. The second-order valence-corrected chi connectivity index (χ2v) is 6.16. The van der Waals surface area contributed by atoms with Crippen LogP contribution in [0.5, 0.6) is 0 Å². The molecule has 1 aliphatic rings. The van der Waals surface area contributed by atoms with Crippen molar-refractivity contribution in [2.75, 3.05) is 18.0 Å². The monoisotopic (exact) mass is 280 g/mol. The Morgan fingerprint density at radius 2 is 2.16 bits per heavy atom. The summed E-state index contributed by atoms with van der Waals surface area (Å²) >= 11 is 6.15. The van der Waals surface area contributed by atoms with Crippen LogP contribution in [0.1, 0.15) is 39.2 Å². The van der Waals surface area contributed by atoms with Crippen LogP contribution in [-0.2, 0) is 6.54 Å². The maximum atomic E-state index is 6.15. The van der Waals surface area contributed by atoms with Crippen molar-refractivity contribution in [1.29, 1.82) is 0 Å². The lowest BCUT2D eigenvalue weighted by Gasteiger charge is -2.39. The van der Waals surface area contributed by atoms with E-state index in [0.717, 1.165) is 30.6 Å². The van der Waals surface area contributed by atoms with Gasteiger partial charge in [-0.05, 0) is 56.0 Å². The van der Waals surface area contributed by atoms with E-state index in [1.807, 2.05) is 6.07 Å². The van der Waals surface area contributed by atoms with E-state index >= 15 is 0 Å². The van der Waals surface area contributed by atoms with E-state index in [4.69, 9.17) is 11.6 Å². The van der Waals surface area contributed by atoms with Crippen molar-refractivity contribution in [2.24, 2.45) is 5.92 Å². The van der Waals surface area contributed by atoms with Crippen molar-refractivity contribution in [3.05, 3.63) is 28.8 Å². The van der Waals surface area contributed by atoms with Gasteiger partial charge in [0.25, 0.3) is 0 Å². The molecular weight excluding hydrogens is 256 g/mol. The Morgan fingerprint density at radius 3 is 2.84 bits per heavy atom. The van der Waals surface area contributed by atoms with Crippen LogP contribution in [0.3, 0.4) is 0 Å². The van der Waals surface area contributed by atoms with Gasteiger partial charge in [-0.2, -0.15) is 0 Å². The summed E-state index contributed by atoms with van der Waals surface area (Å²) < 4.78 is 0. The Balaban J connectivity index is 2.22. The van der Waals surface area contributed by atoms with Crippen LogP contribution in [-0.4, -0.2) is 19.1 Å². The van der Waals surface area contributed by atoms with Gasteiger partial charge in [-0.25, -0.2) is 0 Å². The van der Waals surface area contributed by atoms with E-state index in [2.05, 4.69) is 43.1 Å². The second-order valence-electron chi connectivity index (χ2n) is 5.73. The van der Waals surface area contributed by atoms with Gasteiger partial charge in [-0.1, -0.05) is 25.4 Å². The summed E-state index contributed by atoms with van der Waals surface area (Å²) in [6.07, 6.45) is 2.57. The molecule has 106 valence electrons. The van der Waals surface area contributed by atoms with Gasteiger partial charge in [0, 0.05) is 29.8 Å². The van der Waals surface area contributed by atoms with Crippen molar-refractivity contribution in [2.45, 2.75) is 46.2 Å². The predicted octanol–water partition coefficient (Wildman–Crippen LogP) is 4.07. The molecule has 2 nitrogen and oxygen atoms in total. The molecule has 1 N–H and O–H groups in total. The highest BCUT2D eigenvalue weighted by molar-refractivity contribution is 6.30. The van der Waals surface area contributed by atoms with Gasteiger partial charge in [-0.15, -0.1) is 0 Å². The van der Waals surface area contributed by atoms with Crippen molar-refractivity contribution >= 4 is 17.3 Å². The van der Waals surface area contributed by atoms with Gasteiger partial charge in [0.2, 0.25) is 0 Å². The van der Waals surface area contributed by atoms with Crippen LogP contribution in [0.25, 0.3) is 0 Å². The standard InChI is InChI=1S/C16H25ClN2/c1-4-18-11-14-10-15(17)5-6-16(14)19-8-7-12(2)9-13(19)3/h5-6,10,12-13,18H,4,7-9,11H2,1-3H3. The van der Waals surface area contributed by atoms with Crippen LogP contribution in [0.4, 0.5) is 5.69 Å². The molecule has 3 heteroatoms. The number of hydrogen-bond donors (Lipinski definition) is 1. The van der Waals surface area contributed by atoms with Crippen LogP contribution < -0.4 is 10.2 Å². The van der Waals surface area contributed by atoms with Crippen LogP contribution >= 0.6 is 11.6 Å². The molecule has 19 heavy (non-hydrogen) atoms. The average molecular weight is 281 g/mol. The summed E-state index contributed by atoms with van der Waals surface area (Å²) in [5.41, 5.74) is 2.67. The number of rotatable bonds is 4. The fourth-order valence-electron chi connectivity index (χ4n) is 3.00. The minimum absolute atomic E-state index is 0.616. The molecular formula is C16H25ClN2. The Hall–Kier alpha value is -0.730. The third-order valence-electron chi connectivity index (χ3n) is 4.05. The molecule has 0 bridgehead atoms. The first kappa shape index (κ1) is 14.7. The molecule has 1 aliphatic heterocycles. The fourth-order valence-corrected chi connectivity index (χ4v) is 3.20. The summed E-state index contributed by atoms with van der Waals surface area (Å²) in [5, 5.41) is 4.24. The van der Waals surface area contributed by atoms with E-state index < -0.39 is 0 Å². The Kier molecular flexibility index (Phi) is 5.12. The molecule has 0 radical (unpaired) electrons. The minimum Gasteiger partial charge on any atom is -0.369 e. The molecule has 2 unspecified atom stereocenters. The van der Waals surface area contributed by atoms with E-state index in [0.29, 0.717) is 6.04 Å². The Morgan fingerprint density at radius 1 is 1.37 bits per heavy atom. The van der Waals surface area contributed by atoms with E-state index in [-0.39, 0.29) is 0 Å². The number of nitrogens with zero attached hydrogens (tertiary/aromatic N) is 1. The van der Waals surface area contributed by atoms with Crippen molar-refractivity contribution in [3.63, 3.8) is 0 Å². The lowest BCUT2D eigenvalue weighted by Crippen LogP contribution is -2.41. The highest BCUT2D eigenvalue weighted by Crippen LogP contribution is 2.31. The predicted molar refractivity (Wildman–Crippen MR) is 84.0 cm³/mol. The molecule has 0 aliphatic carbocycles. The Bertz CT molecular complexity index is 419. The normalized spacial score (nSPS) is 23.7. The number of halogens is 1. The maximum Gasteiger partial charge on any atom is 0.0415 e.